The molecule has 2 aromatic rings. The molecule has 1 aliphatic rings. The van der Waals surface area contributed by atoms with E-state index in [0.717, 1.165) is 36.2 Å². The van der Waals surface area contributed by atoms with E-state index in [-0.39, 0.29) is 5.92 Å². The molecule has 5 nitrogen and oxygen atoms in total. The van der Waals surface area contributed by atoms with Crippen LogP contribution in [0.3, 0.4) is 0 Å². The molecule has 2 heterocycles. The Morgan fingerprint density at radius 1 is 1.19 bits per heavy atom. The number of ketones is 1. The molecular weight excluding hydrogens is 266 g/mol. The number of carbonyl (C=O) groups excluding carboxylic acids is 1. The van der Waals surface area contributed by atoms with E-state index in [1.54, 1.807) is 0 Å². The lowest BCUT2D eigenvalue weighted by Crippen LogP contribution is -2.21. The van der Waals surface area contributed by atoms with Gasteiger partial charge >= 0.3 is 0 Å². The van der Waals surface area contributed by atoms with Crippen LogP contribution < -0.4 is 0 Å². The van der Waals surface area contributed by atoms with Crippen LogP contribution in [0.5, 0.6) is 0 Å². The number of hydrogen-bond acceptors (Lipinski definition) is 5. The number of rotatable bonds is 3. The lowest BCUT2D eigenvalue weighted by Gasteiger charge is -2.18. The highest BCUT2D eigenvalue weighted by Crippen LogP contribution is 2.25. The molecule has 0 aromatic carbocycles. The van der Waals surface area contributed by atoms with Gasteiger partial charge in [-0.15, -0.1) is 0 Å². The molecule has 0 radical (unpaired) electrons. The summed E-state index contributed by atoms with van der Waals surface area (Å²) in [4.78, 5) is 20.6. The maximum Gasteiger partial charge on any atom is 0.227 e. The van der Waals surface area contributed by atoms with E-state index in [2.05, 4.69) is 15.1 Å². The molecule has 110 valence electrons. The van der Waals surface area contributed by atoms with Crippen molar-refractivity contribution in [1.82, 2.24) is 15.1 Å². The second kappa shape index (κ2) is 5.76. The van der Waals surface area contributed by atoms with Gasteiger partial charge in [-0.25, -0.2) is 0 Å². The van der Waals surface area contributed by atoms with Gasteiger partial charge in [0.25, 0.3) is 0 Å². The van der Waals surface area contributed by atoms with Gasteiger partial charge in [-0.2, -0.15) is 4.98 Å². The Labute approximate surface area is 123 Å². The third kappa shape index (κ3) is 3.17. The van der Waals surface area contributed by atoms with Gasteiger partial charge in [0.2, 0.25) is 11.7 Å². The van der Waals surface area contributed by atoms with Crippen LogP contribution in [0, 0.1) is 19.8 Å². The fourth-order valence-electron chi connectivity index (χ4n) is 2.90. The lowest BCUT2D eigenvalue weighted by molar-refractivity contribution is -0.124. The third-order valence-electron chi connectivity index (χ3n) is 3.91. The van der Waals surface area contributed by atoms with Gasteiger partial charge < -0.3 is 4.52 Å². The van der Waals surface area contributed by atoms with Crippen LogP contribution in [0.2, 0.25) is 0 Å². The van der Waals surface area contributed by atoms with E-state index < -0.39 is 0 Å². The van der Waals surface area contributed by atoms with Gasteiger partial charge in [-0.1, -0.05) is 11.6 Å². The van der Waals surface area contributed by atoms with E-state index >= 15 is 0 Å². The minimum absolute atomic E-state index is 0.0490. The van der Waals surface area contributed by atoms with Crippen molar-refractivity contribution in [1.29, 1.82) is 0 Å². The number of Topliss-reactive ketones (excluding diaryl/α,β-unsaturated/α-hetero) is 1. The first kappa shape index (κ1) is 13.9. The van der Waals surface area contributed by atoms with Gasteiger partial charge in [0.1, 0.15) is 5.78 Å². The summed E-state index contributed by atoms with van der Waals surface area (Å²) in [6.45, 7) is 3.89. The van der Waals surface area contributed by atoms with Crippen molar-refractivity contribution in [2.45, 2.75) is 46.0 Å². The molecule has 21 heavy (non-hydrogen) atoms. The third-order valence-corrected chi connectivity index (χ3v) is 3.91. The predicted molar refractivity (Wildman–Crippen MR) is 77.7 cm³/mol. The largest absolute Gasteiger partial charge is 0.339 e. The smallest absolute Gasteiger partial charge is 0.227 e. The number of pyridine rings is 1. The number of carbonyl (C=O) groups is 1. The second-order valence-corrected chi connectivity index (χ2v) is 5.76. The molecule has 5 heteroatoms. The molecule has 1 fully saturated rings. The van der Waals surface area contributed by atoms with Crippen molar-refractivity contribution in [2.24, 2.45) is 5.92 Å². The summed E-state index contributed by atoms with van der Waals surface area (Å²) in [7, 11) is 0. The first-order chi connectivity index (χ1) is 10.1. The Morgan fingerprint density at radius 2 is 1.95 bits per heavy atom. The summed E-state index contributed by atoms with van der Waals surface area (Å²) in [5.74, 6) is 1.50. The summed E-state index contributed by atoms with van der Waals surface area (Å²) >= 11 is 0. The van der Waals surface area contributed by atoms with E-state index in [1.165, 1.54) is 0 Å². The molecular formula is C16H19N3O2. The van der Waals surface area contributed by atoms with Crippen molar-refractivity contribution >= 4 is 5.78 Å². The quantitative estimate of drug-likeness (QED) is 0.867. The second-order valence-electron chi connectivity index (χ2n) is 5.76. The molecule has 3 rings (SSSR count). The topological polar surface area (TPSA) is 68.9 Å². The van der Waals surface area contributed by atoms with Crippen LogP contribution in [0.4, 0.5) is 0 Å². The van der Waals surface area contributed by atoms with Gasteiger partial charge in [0.15, 0.2) is 0 Å². The van der Waals surface area contributed by atoms with Crippen molar-refractivity contribution in [3.8, 4) is 11.4 Å². The Hall–Kier alpha value is -2.04. The average molecular weight is 285 g/mol. The van der Waals surface area contributed by atoms with Crippen LogP contribution >= 0.6 is 0 Å². The maximum atomic E-state index is 11.9. The summed E-state index contributed by atoms with van der Waals surface area (Å²) in [5, 5.41) is 4.03. The summed E-state index contributed by atoms with van der Waals surface area (Å²) < 4.78 is 5.32. The van der Waals surface area contributed by atoms with Gasteiger partial charge in [-0.05, 0) is 38.8 Å². The van der Waals surface area contributed by atoms with E-state index in [0.29, 0.717) is 30.3 Å². The van der Waals surface area contributed by atoms with Crippen molar-refractivity contribution in [3.63, 3.8) is 0 Å². The molecule has 0 spiro atoms. The molecule has 0 amide bonds. The SMILES string of the molecule is Cc1cc(-c2noc(CC3CCCCC3=O)n2)cc(C)n1. The molecule has 0 saturated heterocycles. The Bertz CT molecular complexity index is 643. The standard InChI is InChI=1S/C16H19N3O2/c1-10-7-13(8-11(2)17-10)16-18-15(21-19-16)9-12-5-3-4-6-14(12)20/h7-8,12H,3-6,9H2,1-2H3. The zero-order valence-electron chi connectivity index (χ0n) is 12.4. The van der Waals surface area contributed by atoms with E-state index in [9.17, 15) is 4.79 Å². The first-order valence-electron chi connectivity index (χ1n) is 7.43. The number of hydrogen-bond donors (Lipinski definition) is 0. The molecule has 2 aromatic heterocycles. The molecule has 1 atom stereocenters. The highest BCUT2D eigenvalue weighted by atomic mass is 16.5. The van der Waals surface area contributed by atoms with Crippen LogP contribution in [0.15, 0.2) is 16.7 Å². The zero-order valence-corrected chi connectivity index (χ0v) is 12.4. The lowest BCUT2D eigenvalue weighted by atomic mass is 9.86. The first-order valence-corrected chi connectivity index (χ1v) is 7.43. The van der Waals surface area contributed by atoms with E-state index in [4.69, 9.17) is 4.52 Å². The normalized spacial score (nSPS) is 19.0. The maximum absolute atomic E-state index is 11.9. The molecule has 0 aliphatic heterocycles. The highest BCUT2D eigenvalue weighted by Gasteiger charge is 2.24. The van der Waals surface area contributed by atoms with Crippen LogP contribution in [0.25, 0.3) is 11.4 Å². The minimum atomic E-state index is 0.0490. The molecule has 1 unspecified atom stereocenters. The Balaban J connectivity index is 1.78. The van der Waals surface area contributed by atoms with Crippen LogP contribution in [-0.4, -0.2) is 20.9 Å². The Kier molecular flexibility index (Phi) is 3.82. The molecule has 0 bridgehead atoms. The average Bonchev–Trinajstić information content (AvgIpc) is 2.89. The minimum Gasteiger partial charge on any atom is -0.339 e. The molecule has 1 aliphatic carbocycles. The van der Waals surface area contributed by atoms with E-state index in [1.807, 2.05) is 26.0 Å². The highest BCUT2D eigenvalue weighted by molar-refractivity contribution is 5.81. The molecule has 0 N–H and O–H groups in total. The number of nitrogens with zero attached hydrogens (tertiary/aromatic N) is 3. The summed E-state index contributed by atoms with van der Waals surface area (Å²) in [6.07, 6.45) is 4.31. The monoisotopic (exact) mass is 285 g/mol. The summed E-state index contributed by atoms with van der Waals surface area (Å²) in [5.41, 5.74) is 2.77. The number of aromatic nitrogens is 3. The van der Waals surface area contributed by atoms with Crippen LogP contribution in [-0.2, 0) is 11.2 Å². The number of aryl methyl sites for hydroxylation is 2. The van der Waals surface area contributed by atoms with Crippen LogP contribution in [0.1, 0.15) is 43.0 Å². The van der Waals surface area contributed by atoms with Crippen molar-refractivity contribution < 1.29 is 9.32 Å². The zero-order chi connectivity index (χ0) is 14.8. The summed E-state index contributed by atoms with van der Waals surface area (Å²) in [6, 6.07) is 3.88. The fourth-order valence-corrected chi connectivity index (χ4v) is 2.90. The van der Waals surface area contributed by atoms with Gasteiger partial charge in [-0.3, -0.25) is 9.78 Å². The Morgan fingerprint density at radius 3 is 2.67 bits per heavy atom. The predicted octanol–water partition coefficient (Wildman–Crippen LogP) is 3.05. The van der Waals surface area contributed by atoms with Gasteiger partial charge in [0.05, 0.1) is 0 Å². The van der Waals surface area contributed by atoms with Gasteiger partial charge in [0, 0.05) is 35.7 Å². The van der Waals surface area contributed by atoms with Crippen molar-refractivity contribution in [2.75, 3.05) is 0 Å². The molecule has 1 saturated carbocycles. The fraction of sp³-hybridized carbons (Fsp3) is 0.500. The van der Waals surface area contributed by atoms with Crippen molar-refractivity contribution in [3.05, 3.63) is 29.4 Å².